The van der Waals surface area contributed by atoms with Crippen LogP contribution in [-0.2, 0) is 27.2 Å². The molecule has 2 atom stereocenters. The number of hydrogen-bond donors (Lipinski definition) is 1. The van der Waals surface area contributed by atoms with Crippen molar-refractivity contribution in [2.45, 2.75) is 89.5 Å². The van der Waals surface area contributed by atoms with Gasteiger partial charge in [0.1, 0.15) is 29.3 Å². The number of nitrogens with one attached hydrogen (secondary N) is 1. The Morgan fingerprint density at radius 3 is 2.46 bits per heavy atom. The molecule has 7 nitrogen and oxygen atoms in total. The summed E-state index contributed by atoms with van der Waals surface area (Å²) in [6.07, 6.45) is 3.84. The van der Waals surface area contributed by atoms with Gasteiger partial charge in [0.25, 0.3) is 0 Å². The molecule has 1 amide bonds. The van der Waals surface area contributed by atoms with Crippen LogP contribution >= 0.6 is 11.6 Å². The standard InChI is InChI=1S/C32H42ClFN2O5/c1-32(2,3)41-31(38)36-19-25(17-28(36)30(37)39-5)40-24-15-23(29(34)27(33)16-24)14-20-10-12-21(13-11-20)26-9-7-6-8-22(26)18-35-4/h6-9,15-16,20-21,25,28,35H,10-14,17-19H2,1-5H3/t20-,21-,25-,28-/m0/s1. The second kappa shape index (κ2) is 13.4. The number of hydrogen-bond acceptors (Lipinski definition) is 6. The normalized spacial score (nSPS) is 22.9. The molecule has 2 aromatic rings. The van der Waals surface area contributed by atoms with Gasteiger partial charge in [-0.2, -0.15) is 0 Å². The number of carbonyl (C=O) groups is 2. The van der Waals surface area contributed by atoms with Crippen molar-refractivity contribution < 1.29 is 28.2 Å². The van der Waals surface area contributed by atoms with E-state index >= 15 is 4.39 Å². The van der Waals surface area contributed by atoms with Crippen molar-refractivity contribution in [3.05, 3.63) is 63.9 Å². The number of carbonyl (C=O) groups excluding carboxylic acids is 2. The second-order valence-corrected chi connectivity index (χ2v) is 12.6. The lowest BCUT2D eigenvalue weighted by atomic mass is 9.75. The van der Waals surface area contributed by atoms with Gasteiger partial charge in [-0.1, -0.05) is 35.9 Å². The van der Waals surface area contributed by atoms with E-state index in [0.717, 1.165) is 32.2 Å². The molecule has 224 valence electrons. The number of likely N-dealkylation sites (tertiary alicyclic amines) is 1. The molecule has 2 aromatic carbocycles. The highest BCUT2D eigenvalue weighted by atomic mass is 35.5. The van der Waals surface area contributed by atoms with Crippen molar-refractivity contribution in [3.63, 3.8) is 0 Å². The SMILES string of the molecule is CNCc1ccccc1[C@H]1CC[C@H](Cc2cc(O[C@H]3C[C@@H](C(=O)OC)N(C(=O)OC(C)(C)C)C3)cc(Cl)c2F)CC1. The molecule has 0 radical (unpaired) electrons. The lowest BCUT2D eigenvalue weighted by Crippen LogP contribution is -2.44. The predicted molar refractivity (Wildman–Crippen MR) is 157 cm³/mol. The first-order valence-corrected chi connectivity index (χ1v) is 14.8. The van der Waals surface area contributed by atoms with Crippen molar-refractivity contribution in [2.24, 2.45) is 5.92 Å². The summed E-state index contributed by atoms with van der Waals surface area (Å²) in [5, 5.41) is 3.26. The minimum absolute atomic E-state index is 0.00121. The Hall–Kier alpha value is -2.84. The molecule has 1 saturated heterocycles. The average molecular weight is 589 g/mol. The fourth-order valence-electron chi connectivity index (χ4n) is 6.06. The fraction of sp³-hybridized carbons (Fsp3) is 0.562. The maximum absolute atomic E-state index is 15.1. The van der Waals surface area contributed by atoms with Gasteiger partial charge >= 0.3 is 12.1 Å². The summed E-state index contributed by atoms with van der Waals surface area (Å²) in [7, 11) is 3.25. The van der Waals surface area contributed by atoms with E-state index in [1.807, 2.05) is 7.05 Å². The smallest absolute Gasteiger partial charge is 0.411 e. The number of amides is 1. The van der Waals surface area contributed by atoms with Crippen LogP contribution in [0.25, 0.3) is 0 Å². The first-order valence-electron chi connectivity index (χ1n) is 14.4. The number of nitrogens with zero attached hydrogens (tertiary/aromatic N) is 1. The van der Waals surface area contributed by atoms with Gasteiger partial charge in [0.15, 0.2) is 0 Å². The highest BCUT2D eigenvalue weighted by molar-refractivity contribution is 6.31. The van der Waals surface area contributed by atoms with Gasteiger partial charge in [0, 0.05) is 19.0 Å². The van der Waals surface area contributed by atoms with E-state index in [1.54, 1.807) is 26.8 Å². The molecule has 0 bridgehead atoms. The van der Waals surface area contributed by atoms with Crippen LogP contribution in [0.15, 0.2) is 36.4 Å². The van der Waals surface area contributed by atoms with E-state index in [-0.39, 0.29) is 18.0 Å². The van der Waals surface area contributed by atoms with Gasteiger partial charge in [-0.05, 0) is 94.5 Å². The summed E-state index contributed by atoms with van der Waals surface area (Å²) in [5.41, 5.74) is 2.56. The summed E-state index contributed by atoms with van der Waals surface area (Å²) in [6, 6.07) is 10.9. The number of benzene rings is 2. The van der Waals surface area contributed by atoms with E-state index in [0.29, 0.717) is 29.6 Å². The molecular formula is C32H42ClFN2O5. The summed E-state index contributed by atoms with van der Waals surface area (Å²) >= 11 is 6.31. The summed E-state index contributed by atoms with van der Waals surface area (Å²) < 4.78 is 31.7. The number of halogens is 2. The third-order valence-corrected chi connectivity index (χ3v) is 8.24. The minimum Gasteiger partial charge on any atom is -0.488 e. The highest BCUT2D eigenvalue weighted by Gasteiger charge is 2.43. The van der Waals surface area contributed by atoms with Crippen LogP contribution in [0.5, 0.6) is 5.75 Å². The Kier molecular flexibility index (Phi) is 10.2. The average Bonchev–Trinajstić information content (AvgIpc) is 3.35. The number of rotatable bonds is 8. The quantitative estimate of drug-likeness (QED) is 0.348. The van der Waals surface area contributed by atoms with E-state index in [1.165, 1.54) is 29.2 Å². The summed E-state index contributed by atoms with van der Waals surface area (Å²) in [4.78, 5) is 26.6. The van der Waals surface area contributed by atoms with Crippen molar-refractivity contribution in [2.75, 3.05) is 20.7 Å². The third kappa shape index (κ3) is 7.92. The Morgan fingerprint density at radius 1 is 1.10 bits per heavy atom. The van der Waals surface area contributed by atoms with E-state index in [4.69, 9.17) is 25.8 Å². The molecular weight excluding hydrogens is 547 g/mol. The van der Waals surface area contributed by atoms with Crippen LogP contribution in [0.4, 0.5) is 9.18 Å². The van der Waals surface area contributed by atoms with Crippen LogP contribution in [0.2, 0.25) is 5.02 Å². The Bertz CT molecular complexity index is 1230. The molecule has 41 heavy (non-hydrogen) atoms. The van der Waals surface area contributed by atoms with Gasteiger partial charge in [-0.3, -0.25) is 4.90 Å². The molecule has 0 unspecified atom stereocenters. The van der Waals surface area contributed by atoms with Gasteiger partial charge < -0.3 is 19.5 Å². The zero-order valence-corrected chi connectivity index (χ0v) is 25.4. The van der Waals surface area contributed by atoms with Crippen molar-refractivity contribution in [3.8, 4) is 5.75 Å². The fourth-order valence-corrected chi connectivity index (χ4v) is 6.29. The van der Waals surface area contributed by atoms with Gasteiger partial charge in [-0.25, -0.2) is 14.0 Å². The molecule has 2 aliphatic rings. The third-order valence-electron chi connectivity index (χ3n) is 7.96. The summed E-state index contributed by atoms with van der Waals surface area (Å²) in [6.45, 7) is 6.28. The van der Waals surface area contributed by atoms with Crippen LogP contribution in [0.1, 0.15) is 75.5 Å². The topological polar surface area (TPSA) is 77.1 Å². The number of ether oxygens (including phenoxy) is 3. The Morgan fingerprint density at radius 2 is 1.80 bits per heavy atom. The van der Waals surface area contributed by atoms with E-state index in [2.05, 4.69) is 29.6 Å². The zero-order valence-electron chi connectivity index (χ0n) is 24.7. The first kappa shape index (κ1) is 31.1. The number of esters is 1. The number of methoxy groups -OCH3 is 1. The van der Waals surface area contributed by atoms with Crippen LogP contribution < -0.4 is 10.1 Å². The molecule has 0 aromatic heterocycles. The van der Waals surface area contributed by atoms with E-state index in [9.17, 15) is 9.59 Å². The summed E-state index contributed by atoms with van der Waals surface area (Å²) in [5.74, 6) is 0.317. The van der Waals surface area contributed by atoms with Gasteiger partial charge in [0.05, 0.1) is 18.7 Å². The zero-order chi connectivity index (χ0) is 29.7. The lowest BCUT2D eigenvalue weighted by Gasteiger charge is -2.30. The van der Waals surface area contributed by atoms with Crippen LogP contribution in [0.3, 0.4) is 0 Å². The Labute approximate surface area is 247 Å². The van der Waals surface area contributed by atoms with Crippen LogP contribution in [-0.4, -0.2) is 55.4 Å². The second-order valence-electron chi connectivity index (χ2n) is 12.2. The molecule has 1 heterocycles. The van der Waals surface area contributed by atoms with Crippen molar-refractivity contribution >= 4 is 23.7 Å². The lowest BCUT2D eigenvalue weighted by molar-refractivity contribution is -0.145. The largest absolute Gasteiger partial charge is 0.488 e. The molecule has 1 N–H and O–H groups in total. The maximum Gasteiger partial charge on any atom is 0.411 e. The predicted octanol–water partition coefficient (Wildman–Crippen LogP) is 6.64. The molecule has 1 saturated carbocycles. The van der Waals surface area contributed by atoms with Gasteiger partial charge in [0.2, 0.25) is 0 Å². The monoisotopic (exact) mass is 588 g/mol. The first-order chi connectivity index (χ1) is 19.5. The molecule has 2 fully saturated rings. The molecule has 9 heteroatoms. The van der Waals surface area contributed by atoms with Crippen LogP contribution in [0, 0.1) is 11.7 Å². The minimum atomic E-state index is -0.830. The van der Waals surface area contributed by atoms with E-state index < -0.39 is 35.6 Å². The Balaban J connectivity index is 1.42. The molecule has 4 rings (SSSR count). The maximum atomic E-state index is 15.1. The van der Waals surface area contributed by atoms with Gasteiger partial charge in [-0.15, -0.1) is 0 Å². The van der Waals surface area contributed by atoms with Crippen molar-refractivity contribution in [1.29, 1.82) is 0 Å². The molecule has 0 spiro atoms. The molecule has 1 aliphatic heterocycles. The van der Waals surface area contributed by atoms with Crippen molar-refractivity contribution in [1.82, 2.24) is 10.2 Å². The highest BCUT2D eigenvalue weighted by Crippen LogP contribution is 2.39. The molecule has 1 aliphatic carbocycles.